The number of carbonyl (C=O) groups excluding carboxylic acids is 1. The summed E-state index contributed by atoms with van der Waals surface area (Å²) in [6.07, 6.45) is 5.63. The second-order valence-electron chi connectivity index (χ2n) is 7.26. The summed E-state index contributed by atoms with van der Waals surface area (Å²) in [5.41, 5.74) is 2.66. The van der Waals surface area contributed by atoms with Crippen molar-refractivity contribution in [3.8, 4) is 0 Å². The number of aromatic nitrogens is 1. The first-order chi connectivity index (χ1) is 12.8. The van der Waals surface area contributed by atoms with Gasteiger partial charge in [0.15, 0.2) is 0 Å². The standard InChI is InChI=1S/C14H17NO2.C8H6BrN/c1-14(2,3)17-13(16)15-10-6-8-11-7-4-5-9-12(11)15;9-7-2-1-6-3-4-10-8(6)5-7/h4-9H,10H2,1-3H3;1-5,10H. The van der Waals surface area contributed by atoms with Crippen LogP contribution in [-0.4, -0.2) is 23.2 Å². The Bertz CT molecular complexity index is 970. The molecular weight excluding hydrogens is 404 g/mol. The number of fused-ring (bicyclic) bond motifs is 2. The van der Waals surface area contributed by atoms with Crippen LogP contribution in [0.15, 0.2) is 65.3 Å². The monoisotopic (exact) mass is 426 g/mol. The number of amides is 1. The number of hydrogen-bond donors (Lipinski definition) is 1. The summed E-state index contributed by atoms with van der Waals surface area (Å²) in [7, 11) is 0. The number of carbonyl (C=O) groups is 1. The zero-order valence-electron chi connectivity index (χ0n) is 15.7. The fourth-order valence-electron chi connectivity index (χ4n) is 2.77. The van der Waals surface area contributed by atoms with Crippen molar-refractivity contribution in [2.75, 3.05) is 11.4 Å². The van der Waals surface area contributed by atoms with Crippen LogP contribution in [0, 0.1) is 0 Å². The second-order valence-corrected chi connectivity index (χ2v) is 8.18. The van der Waals surface area contributed by atoms with E-state index >= 15 is 0 Å². The molecule has 1 aromatic heterocycles. The van der Waals surface area contributed by atoms with E-state index in [0.717, 1.165) is 15.7 Å². The van der Waals surface area contributed by atoms with Crippen LogP contribution in [0.1, 0.15) is 26.3 Å². The molecule has 1 N–H and O–H groups in total. The van der Waals surface area contributed by atoms with Crippen LogP contribution in [0.3, 0.4) is 0 Å². The van der Waals surface area contributed by atoms with Crippen LogP contribution < -0.4 is 4.90 Å². The SMILES string of the molecule is Brc1ccc2cc[nH]c2c1.CC(C)(C)OC(=O)N1CC=Cc2ccccc21. The highest BCUT2D eigenvalue weighted by molar-refractivity contribution is 9.10. The van der Waals surface area contributed by atoms with E-state index in [4.69, 9.17) is 4.74 Å². The lowest BCUT2D eigenvalue weighted by Crippen LogP contribution is -2.38. The number of nitrogens with one attached hydrogen (secondary N) is 1. The molecule has 4 nitrogen and oxygen atoms in total. The lowest BCUT2D eigenvalue weighted by atomic mass is 10.1. The van der Waals surface area contributed by atoms with Gasteiger partial charge in [-0.2, -0.15) is 0 Å². The van der Waals surface area contributed by atoms with Gasteiger partial charge in [0.05, 0.1) is 5.69 Å². The van der Waals surface area contributed by atoms with Gasteiger partial charge in [0.25, 0.3) is 0 Å². The zero-order valence-corrected chi connectivity index (χ0v) is 17.3. The van der Waals surface area contributed by atoms with E-state index in [9.17, 15) is 4.79 Å². The number of rotatable bonds is 0. The summed E-state index contributed by atoms with van der Waals surface area (Å²) >= 11 is 3.40. The smallest absolute Gasteiger partial charge is 0.415 e. The molecule has 1 aliphatic heterocycles. The third-order valence-corrected chi connectivity index (χ3v) is 4.44. The van der Waals surface area contributed by atoms with Crippen LogP contribution in [0.4, 0.5) is 10.5 Å². The minimum absolute atomic E-state index is 0.297. The maximum atomic E-state index is 12.0. The molecule has 0 radical (unpaired) electrons. The van der Waals surface area contributed by atoms with E-state index in [0.29, 0.717) is 6.54 Å². The first-order valence-electron chi connectivity index (χ1n) is 8.82. The largest absolute Gasteiger partial charge is 0.443 e. The van der Waals surface area contributed by atoms with E-state index in [2.05, 4.69) is 39.1 Å². The van der Waals surface area contributed by atoms with Gasteiger partial charge in [-0.1, -0.05) is 52.3 Å². The molecule has 3 aromatic rings. The summed E-state index contributed by atoms with van der Waals surface area (Å²) in [5, 5.41) is 1.25. The Morgan fingerprint density at radius 1 is 1.15 bits per heavy atom. The average molecular weight is 427 g/mol. The summed E-state index contributed by atoms with van der Waals surface area (Å²) < 4.78 is 6.50. The summed E-state index contributed by atoms with van der Waals surface area (Å²) in [5.74, 6) is 0. The fourth-order valence-corrected chi connectivity index (χ4v) is 3.13. The van der Waals surface area contributed by atoms with Gasteiger partial charge in [-0.15, -0.1) is 0 Å². The molecule has 0 unspecified atom stereocenters. The number of benzene rings is 2. The van der Waals surface area contributed by atoms with Gasteiger partial charge in [0.2, 0.25) is 0 Å². The Hall–Kier alpha value is -2.53. The Labute approximate surface area is 168 Å². The van der Waals surface area contributed by atoms with Gasteiger partial charge in [-0.3, -0.25) is 4.90 Å². The predicted molar refractivity (Wildman–Crippen MR) is 115 cm³/mol. The first-order valence-corrected chi connectivity index (χ1v) is 9.61. The highest BCUT2D eigenvalue weighted by Crippen LogP contribution is 2.26. The molecule has 4 rings (SSSR count). The molecule has 0 fully saturated rings. The molecule has 1 aliphatic rings. The van der Waals surface area contributed by atoms with Gasteiger partial charge < -0.3 is 9.72 Å². The Kier molecular flexibility index (Phi) is 5.71. The number of anilines is 1. The topological polar surface area (TPSA) is 45.3 Å². The number of aromatic amines is 1. The summed E-state index contributed by atoms with van der Waals surface area (Å²) in [6, 6.07) is 16.0. The highest BCUT2D eigenvalue weighted by Gasteiger charge is 2.25. The van der Waals surface area contributed by atoms with Crippen LogP contribution in [-0.2, 0) is 4.74 Å². The lowest BCUT2D eigenvalue weighted by Gasteiger charge is -2.29. The second kappa shape index (κ2) is 8.01. The molecule has 0 atom stereocenters. The lowest BCUT2D eigenvalue weighted by molar-refractivity contribution is 0.0584. The molecule has 2 heterocycles. The van der Waals surface area contributed by atoms with Crippen molar-refractivity contribution < 1.29 is 9.53 Å². The van der Waals surface area contributed by atoms with E-state index < -0.39 is 5.60 Å². The number of H-pyrrole nitrogens is 1. The molecular formula is C22H23BrN2O2. The van der Waals surface area contributed by atoms with Gasteiger partial charge in [0.1, 0.15) is 5.60 Å². The maximum Gasteiger partial charge on any atom is 0.415 e. The van der Waals surface area contributed by atoms with Crippen molar-refractivity contribution >= 4 is 44.7 Å². The fraction of sp³-hybridized carbons (Fsp3) is 0.227. The zero-order chi connectivity index (χ0) is 19.4. The average Bonchev–Trinajstić information content (AvgIpc) is 3.08. The van der Waals surface area contributed by atoms with Crippen molar-refractivity contribution in [3.63, 3.8) is 0 Å². The Morgan fingerprint density at radius 2 is 1.93 bits per heavy atom. The number of nitrogens with zero attached hydrogens (tertiary/aromatic N) is 1. The number of para-hydroxylation sites is 1. The van der Waals surface area contributed by atoms with Crippen LogP contribution in [0.25, 0.3) is 17.0 Å². The molecule has 27 heavy (non-hydrogen) atoms. The van der Waals surface area contributed by atoms with Gasteiger partial charge >= 0.3 is 6.09 Å². The normalized spacial score (nSPS) is 13.0. The van der Waals surface area contributed by atoms with Gasteiger partial charge in [0, 0.05) is 22.7 Å². The van der Waals surface area contributed by atoms with Crippen molar-refractivity contribution in [1.82, 2.24) is 4.98 Å². The highest BCUT2D eigenvalue weighted by atomic mass is 79.9. The first kappa shape index (κ1) is 19.2. The van der Waals surface area contributed by atoms with Crippen molar-refractivity contribution in [3.05, 3.63) is 70.8 Å². The third kappa shape index (κ3) is 5.01. The van der Waals surface area contributed by atoms with Crippen molar-refractivity contribution in [2.45, 2.75) is 26.4 Å². The number of hydrogen-bond acceptors (Lipinski definition) is 2. The minimum Gasteiger partial charge on any atom is -0.443 e. The molecule has 0 saturated carbocycles. The van der Waals surface area contributed by atoms with Gasteiger partial charge in [-0.05, 0) is 56.0 Å². The quantitative estimate of drug-likeness (QED) is 0.452. The van der Waals surface area contributed by atoms with Crippen LogP contribution in [0.5, 0.6) is 0 Å². The predicted octanol–water partition coefficient (Wildman–Crippen LogP) is 6.39. The molecule has 2 aromatic carbocycles. The van der Waals surface area contributed by atoms with E-state index in [1.54, 1.807) is 4.90 Å². The number of ether oxygens (including phenoxy) is 1. The minimum atomic E-state index is -0.465. The van der Waals surface area contributed by atoms with Crippen LogP contribution >= 0.6 is 15.9 Å². The molecule has 5 heteroatoms. The molecule has 0 aliphatic carbocycles. The summed E-state index contributed by atoms with van der Waals surface area (Å²) in [6.45, 7) is 6.18. The van der Waals surface area contributed by atoms with Crippen LogP contribution in [0.2, 0.25) is 0 Å². The Balaban J connectivity index is 0.000000177. The van der Waals surface area contributed by atoms with Crippen molar-refractivity contribution in [2.24, 2.45) is 0 Å². The molecule has 0 bridgehead atoms. The van der Waals surface area contributed by atoms with E-state index in [1.807, 2.05) is 69.5 Å². The molecule has 0 spiro atoms. The van der Waals surface area contributed by atoms with E-state index in [-0.39, 0.29) is 6.09 Å². The maximum absolute atomic E-state index is 12.0. The van der Waals surface area contributed by atoms with E-state index in [1.165, 1.54) is 10.9 Å². The van der Waals surface area contributed by atoms with Crippen molar-refractivity contribution in [1.29, 1.82) is 0 Å². The molecule has 0 saturated heterocycles. The number of halogens is 1. The molecule has 140 valence electrons. The molecule has 1 amide bonds. The third-order valence-electron chi connectivity index (χ3n) is 3.94. The Morgan fingerprint density at radius 3 is 2.70 bits per heavy atom. The summed E-state index contributed by atoms with van der Waals surface area (Å²) in [4.78, 5) is 16.8. The van der Waals surface area contributed by atoms with Gasteiger partial charge in [-0.25, -0.2) is 4.79 Å².